The minimum absolute atomic E-state index is 0.133. The van der Waals surface area contributed by atoms with Crippen molar-refractivity contribution in [3.8, 4) is 12.1 Å². The van der Waals surface area contributed by atoms with Crippen LogP contribution >= 0.6 is 0 Å². The van der Waals surface area contributed by atoms with E-state index in [0.29, 0.717) is 0 Å². The standard InChI is InChI=1S/C7H4N4O2/c8-2-4(3-9)7-10-5(12)1-6(13)11-7/h1H2,(H,10,12)(H,11,13). The molecule has 64 valence electrons. The van der Waals surface area contributed by atoms with Gasteiger partial charge in [0.05, 0.1) is 0 Å². The molecule has 0 spiro atoms. The van der Waals surface area contributed by atoms with Crippen LogP contribution in [0.15, 0.2) is 11.4 Å². The highest BCUT2D eigenvalue weighted by molar-refractivity contribution is 6.01. The van der Waals surface area contributed by atoms with Crippen molar-refractivity contribution < 1.29 is 9.59 Å². The predicted molar refractivity (Wildman–Crippen MR) is 39.2 cm³/mol. The summed E-state index contributed by atoms with van der Waals surface area (Å²) >= 11 is 0. The third kappa shape index (κ3) is 1.82. The van der Waals surface area contributed by atoms with Crippen LogP contribution in [0.1, 0.15) is 6.42 Å². The molecule has 13 heavy (non-hydrogen) atoms. The van der Waals surface area contributed by atoms with Crippen LogP contribution in [-0.4, -0.2) is 11.8 Å². The molecule has 0 aromatic rings. The molecule has 0 radical (unpaired) electrons. The summed E-state index contributed by atoms with van der Waals surface area (Å²) in [4.78, 5) is 21.6. The average molecular weight is 176 g/mol. The van der Waals surface area contributed by atoms with E-state index in [9.17, 15) is 9.59 Å². The van der Waals surface area contributed by atoms with Crippen molar-refractivity contribution in [2.24, 2.45) is 0 Å². The Balaban J connectivity index is 3.01. The highest BCUT2D eigenvalue weighted by Gasteiger charge is 2.21. The minimum atomic E-state index is -0.526. The molecule has 1 fully saturated rings. The Labute approximate surface area is 73.4 Å². The van der Waals surface area contributed by atoms with Gasteiger partial charge in [-0.15, -0.1) is 0 Å². The second-order valence-electron chi connectivity index (χ2n) is 2.25. The minimum Gasteiger partial charge on any atom is -0.310 e. The number of rotatable bonds is 0. The van der Waals surface area contributed by atoms with E-state index < -0.39 is 11.8 Å². The van der Waals surface area contributed by atoms with Crippen molar-refractivity contribution in [1.82, 2.24) is 10.6 Å². The molecular formula is C7H4N4O2. The van der Waals surface area contributed by atoms with E-state index in [-0.39, 0.29) is 17.8 Å². The number of nitrogens with one attached hydrogen (secondary N) is 2. The first-order valence-electron chi connectivity index (χ1n) is 3.31. The van der Waals surface area contributed by atoms with Gasteiger partial charge in [0.15, 0.2) is 5.57 Å². The molecule has 1 aliphatic heterocycles. The summed E-state index contributed by atoms with van der Waals surface area (Å²) in [5.41, 5.74) is -0.318. The Kier molecular flexibility index (Phi) is 2.27. The maximum atomic E-state index is 10.8. The van der Waals surface area contributed by atoms with Gasteiger partial charge in [-0.05, 0) is 0 Å². The average Bonchev–Trinajstić information content (AvgIpc) is 2.04. The zero-order chi connectivity index (χ0) is 9.84. The van der Waals surface area contributed by atoms with E-state index >= 15 is 0 Å². The Bertz CT molecular complexity index is 348. The van der Waals surface area contributed by atoms with Crippen LogP contribution in [0.3, 0.4) is 0 Å². The molecule has 0 aromatic heterocycles. The van der Waals surface area contributed by atoms with Gasteiger partial charge in [0, 0.05) is 0 Å². The maximum Gasteiger partial charge on any atom is 0.234 e. The van der Waals surface area contributed by atoms with E-state index in [1.54, 1.807) is 12.1 Å². The van der Waals surface area contributed by atoms with E-state index in [0.717, 1.165) is 0 Å². The second kappa shape index (κ2) is 3.37. The fraction of sp³-hybridized carbons (Fsp3) is 0.143. The summed E-state index contributed by atoms with van der Waals surface area (Å²) in [6.07, 6.45) is -0.284. The molecule has 0 aromatic carbocycles. The van der Waals surface area contributed by atoms with Crippen LogP contribution in [0.5, 0.6) is 0 Å². The Hall–Kier alpha value is -2.34. The summed E-state index contributed by atoms with van der Waals surface area (Å²) in [6.45, 7) is 0. The number of hydrogen-bond donors (Lipinski definition) is 2. The zero-order valence-electron chi connectivity index (χ0n) is 6.42. The normalized spacial score (nSPS) is 15.1. The van der Waals surface area contributed by atoms with Gasteiger partial charge in [0.1, 0.15) is 24.4 Å². The molecule has 0 saturated carbocycles. The third-order valence-electron chi connectivity index (χ3n) is 1.32. The Morgan fingerprint density at radius 2 is 1.62 bits per heavy atom. The highest BCUT2D eigenvalue weighted by atomic mass is 16.2. The Morgan fingerprint density at radius 3 is 2.00 bits per heavy atom. The Morgan fingerprint density at radius 1 is 1.15 bits per heavy atom. The molecule has 6 nitrogen and oxygen atoms in total. The van der Waals surface area contributed by atoms with Crippen molar-refractivity contribution in [3.63, 3.8) is 0 Å². The molecule has 0 unspecified atom stereocenters. The van der Waals surface area contributed by atoms with Gasteiger partial charge in [0.25, 0.3) is 0 Å². The fourth-order valence-corrected chi connectivity index (χ4v) is 0.806. The summed E-state index contributed by atoms with van der Waals surface area (Å²) in [6, 6.07) is 3.10. The maximum absolute atomic E-state index is 10.8. The smallest absolute Gasteiger partial charge is 0.234 e. The molecule has 0 atom stereocenters. The van der Waals surface area contributed by atoms with E-state index in [2.05, 4.69) is 10.6 Å². The van der Waals surface area contributed by atoms with Crippen LogP contribution in [0.2, 0.25) is 0 Å². The second-order valence-corrected chi connectivity index (χ2v) is 2.25. The lowest BCUT2D eigenvalue weighted by Gasteiger charge is -2.15. The topological polar surface area (TPSA) is 106 Å². The summed E-state index contributed by atoms with van der Waals surface area (Å²) in [5.74, 6) is -1.19. The molecule has 1 heterocycles. The SMILES string of the molecule is N#CC(C#N)=C1NC(=O)CC(=O)N1. The van der Waals surface area contributed by atoms with Crippen LogP contribution in [-0.2, 0) is 9.59 Å². The van der Waals surface area contributed by atoms with Gasteiger partial charge in [-0.25, -0.2) is 0 Å². The van der Waals surface area contributed by atoms with Crippen LogP contribution < -0.4 is 10.6 Å². The van der Waals surface area contributed by atoms with Crippen LogP contribution in [0, 0.1) is 22.7 Å². The molecule has 1 rings (SSSR count). The van der Waals surface area contributed by atoms with Crippen molar-refractivity contribution in [3.05, 3.63) is 11.4 Å². The summed E-state index contributed by atoms with van der Waals surface area (Å²) < 4.78 is 0. The van der Waals surface area contributed by atoms with E-state index in [4.69, 9.17) is 10.5 Å². The number of carbonyl (C=O) groups excluding carboxylic acids is 2. The number of hydrogen-bond acceptors (Lipinski definition) is 4. The quantitative estimate of drug-likeness (QED) is 0.360. The van der Waals surface area contributed by atoms with Crippen LogP contribution in [0.4, 0.5) is 0 Å². The molecule has 0 bridgehead atoms. The lowest BCUT2D eigenvalue weighted by molar-refractivity contribution is -0.130. The molecular weight excluding hydrogens is 172 g/mol. The van der Waals surface area contributed by atoms with Crippen molar-refractivity contribution in [1.29, 1.82) is 10.5 Å². The zero-order valence-corrected chi connectivity index (χ0v) is 6.42. The van der Waals surface area contributed by atoms with Crippen molar-refractivity contribution >= 4 is 11.8 Å². The third-order valence-corrected chi connectivity index (χ3v) is 1.32. The first-order valence-corrected chi connectivity index (χ1v) is 3.31. The molecule has 6 heteroatoms. The number of carbonyl (C=O) groups is 2. The van der Waals surface area contributed by atoms with Crippen LogP contribution in [0.25, 0.3) is 0 Å². The van der Waals surface area contributed by atoms with Gasteiger partial charge in [-0.2, -0.15) is 10.5 Å². The van der Waals surface area contributed by atoms with Crippen molar-refractivity contribution in [2.45, 2.75) is 6.42 Å². The first-order chi connectivity index (χ1) is 6.17. The van der Waals surface area contributed by atoms with E-state index in [1.807, 2.05) is 0 Å². The number of nitriles is 2. The van der Waals surface area contributed by atoms with Gasteiger partial charge in [-0.3, -0.25) is 9.59 Å². The molecule has 1 saturated heterocycles. The molecule has 2 N–H and O–H groups in total. The summed E-state index contributed by atoms with van der Waals surface area (Å²) in [5, 5.41) is 21.3. The van der Waals surface area contributed by atoms with Gasteiger partial charge in [0.2, 0.25) is 11.8 Å². The number of amides is 2. The number of allylic oxidation sites excluding steroid dienone is 1. The molecule has 0 aliphatic carbocycles. The van der Waals surface area contributed by atoms with E-state index in [1.165, 1.54) is 0 Å². The summed E-state index contributed by atoms with van der Waals surface area (Å²) in [7, 11) is 0. The molecule has 2 amide bonds. The predicted octanol–water partition coefficient (Wildman–Crippen LogP) is -1.12. The monoisotopic (exact) mass is 176 g/mol. The van der Waals surface area contributed by atoms with Crippen molar-refractivity contribution in [2.75, 3.05) is 0 Å². The molecule has 1 aliphatic rings. The largest absolute Gasteiger partial charge is 0.310 e. The van der Waals surface area contributed by atoms with Gasteiger partial charge < -0.3 is 10.6 Å². The fourth-order valence-electron chi connectivity index (χ4n) is 0.806. The lowest BCUT2D eigenvalue weighted by atomic mass is 10.2. The van der Waals surface area contributed by atoms with Gasteiger partial charge >= 0.3 is 0 Å². The lowest BCUT2D eigenvalue weighted by Crippen LogP contribution is -2.44. The first kappa shape index (κ1) is 8.75. The highest BCUT2D eigenvalue weighted by Crippen LogP contribution is 2.01. The van der Waals surface area contributed by atoms with Gasteiger partial charge in [-0.1, -0.05) is 0 Å². The number of nitrogens with zero attached hydrogens (tertiary/aromatic N) is 2.